The van der Waals surface area contributed by atoms with E-state index in [0.717, 1.165) is 19.3 Å². The van der Waals surface area contributed by atoms with Crippen molar-refractivity contribution in [3.63, 3.8) is 0 Å². The summed E-state index contributed by atoms with van der Waals surface area (Å²) in [5.74, 6) is 0. The highest BCUT2D eigenvalue weighted by atomic mass is 13.9. The summed E-state index contributed by atoms with van der Waals surface area (Å²) in [6.45, 7) is 0. The molecule has 0 saturated carbocycles. The number of rotatable bonds is 0. The van der Waals surface area contributed by atoms with Crippen molar-refractivity contribution < 1.29 is 0 Å². The van der Waals surface area contributed by atoms with E-state index in [0.29, 0.717) is 0 Å². The van der Waals surface area contributed by atoms with Crippen LogP contribution in [0.4, 0.5) is 0 Å². The molecule has 0 unspecified atom stereocenters. The molecule has 0 aromatic heterocycles. The normalized spacial score (nSPS) is 26.3. The Morgan fingerprint density at radius 3 is 1.93 bits per heavy atom. The van der Waals surface area contributed by atoms with Gasteiger partial charge in [-0.2, -0.15) is 0 Å². The maximum Gasteiger partial charge on any atom is -0.0169 e. The zero-order chi connectivity index (χ0) is 9.90. The predicted molar refractivity (Wildman–Crippen MR) is 64.3 cm³/mol. The van der Waals surface area contributed by atoms with Gasteiger partial charge in [-0.05, 0) is 38.5 Å². The van der Waals surface area contributed by atoms with Crippen LogP contribution in [0, 0.1) is 0 Å². The fourth-order valence-electron chi connectivity index (χ4n) is 1.40. The standard InChI is InChI=1S/C14H20/c1-2-4-6-8-10-12-14-13-11-9-7-5-3-1/h1-4,9,11-12,14H,5-8,10,13H2/b3-1+,4-2-,11-9+,14-12?. The Balaban J connectivity index is 2.34. The van der Waals surface area contributed by atoms with E-state index < -0.39 is 0 Å². The van der Waals surface area contributed by atoms with E-state index in [4.69, 9.17) is 0 Å². The van der Waals surface area contributed by atoms with Gasteiger partial charge >= 0.3 is 0 Å². The molecule has 0 atom stereocenters. The van der Waals surface area contributed by atoms with E-state index in [9.17, 15) is 0 Å². The van der Waals surface area contributed by atoms with Gasteiger partial charge < -0.3 is 0 Å². The summed E-state index contributed by atoms with van der Waals surface area (Å²) in [7, 11) is 0. The van der Waals surface area contributed by atoms with Gasteiger partial charge in [0, 0.05) is 0 Å². The summed E-state index contributed by atoms with van der Waals surface area (Å²) in [5.41, 5.74) is 0. The van der Waals surface area contributed by atoms with Gasteiger partial charge in [0.05, 0.1) is 0 Å². The van der Waals surface area contributed by atoms with Crippen LogP contribution in [0.3, 0.4) is 0 Å². The largest absolute Gasteiger partial charge is 0.0882 e. The third-order valence-corrected chi connectivity index (χ3v) is 2.23. The van der Waals surface area contributed by atoms with Crippen molar-refractivity contribution in [3.05, 3.63) is 48.6 Å². The Hall–Kier alpha value is -1.04. The Kier molecular flexibility index (Phi) is 6.74. The molecule has 0 aliphatic heterocycles. The first-order chi connectivity index (χ1) is 7.00. The van der Waals surface area contributed by atoms with Crippen molar-refractivity contribution >= 4 is 0 Å². The highest BCUT2D eigenvalue weighted by Gasteiger charge is 1.81. The lowest BCUT2D eigenvalue weighted by atomic mass is 10.2. The fourth-order valence-corrected chi connectivity index (χ4v) is 1.40. The van der Waals surface area contributed by atoms with Crippen LogP contribution in [-0.4, -0.2) is 0 Å². The van der Waals surface area contributed by atoms with Gasteiger partial charge in [0.1, 0.15) is 0 Å². The molecule has 0 nitrogen and oxygen atoms in total. The van der Waals surface area contributed by atoms with Crippen molar-refractivity contribution in [2.75, 3.05) is 0 Å². The molecule has 0 fully saturated rings. The zero-order valence-corrected chi connectivity index (χ0v) is 8.86. The second kappa shape index (κ2) is 8.55. The Labute approximate surface area is 87.7 Å². The average Bonchev–Trinajstić information content (AvgIpc) is 2.22. The quantitative estimate of drug-likeness (QED) is 0.489. The minimum absolute atomic E-state index is 1.10. The summed E-state index contributed by atoms with van der Waals surface area (Å²) in [5, 5.41) is 0. The zero-order valence-electron chi connectivity index (χ0n) is 8.86. The van der Waals surface area contributed by atoms with Crippen LogP contribution < -0.4 is 0 Å². The molecule has 0 bridgehead atoms. The topological polar surface area (TPSA) is 0 Å². The molecule has 0 saturated heterocycles. The maximum absolute atomic E-state index is 2.29. The first-order valence-corrected chi connectivity index (χ1v) is 5.62. The van der Waals surface area contributed by atoms with Crippen molar-refractivity contribution in [3.8, 4) is 0 Å². The Bertz CT molecular complexity index is 228. The molecular formula is C14H20. The molecule has 0 amide bonds. The molecule has 14 heavy (non-hydrogen) atoms. The van der Waals surface area contributed by atoms with Crippen molar-refractivity contribution in [1.29, 1.82) is 0 Å². The van der Waals surface area contributed by atoms with Crippen LogP contribution in [0.25, 0.3) is 0 Å². The molecule has 0 aromatic carbocycles. The Morgan fingerprint density at radius 2 is 1.07 bits per heavy atom. The van der Waals surface area contributed by atoms with E-state index in [2.05, 4.69) is 48.6 Å². The van der Waals surface area contributed by atoms with Gasteiger partial charge in [-0.3, -0.25) is 0 Å². The smallest absolute Gasteiger partial charge is 0.0169 e. The molecule has 0 heterocycles. The van der Waals surface area contributed by atoms with Crippen LogP contribution in [0.15, 0.2) is 48.6 Å². The number of allylic oxidation sites excluding steroid dienone is 8. The second-order valence-corrected chi connectivity index (χ2v) is 3.54. The average molecular weight is 188 g/mol. The monoisotopic (exact) mass is 188 g/mol. The molecule has 0 spiro atoms. The van der Waals surface area contributed by atoms with Crippen molar-refractivity contribution in [2.45, 2.75) is 38.5 Å². The molecule has 0 aromatic rings. The second-order valence-electron chi connectivity index (χ2n) is 3.54. The highest BCUT2D eigenvalue weighted by molar-refractivity contribution is 5.03. The summed E-state index contributed by atoms with van der Waals surface area (Å²) in [4.78, 5) is 0. The molecule has 1 aliphatic carbocycles. The van der Waals surface area contributed by atoms with Crippen LogP contribution >= 0.6 is 0 Å². The van der Waals surface area contributed by atoms with Gasteiger partial charge in [0.15, 0.2) is 0 Å². The summed E-state index contributed by atoms with van der Waals surface area (Å²) >= 11 is 0. The molecule has 0 radical (unpaired) electrons. The first kappa shape index (κ1) is 11.0. The SMILES string of the molecule is C1=CCCC/C=C\C=C\CC/C=C/C1. The van der Waals surface area contributed by atoms with Gasteiger partial charge in [-0.15, -0.1) is 0 Å². The third-order valence-electron chi connectivity index (χ3n) is 2.23. The third kappa shape index (κ3) is 6.47. The molecule has 1 aliphatic rings. The van der Waals surface area contributed by atoms with Crippen LogP contribution in [0.1, 0.15) is 38.5 Å². The summed E-state index contributed by atoms with van der Waals surface area (Å²) < 4.78 is 0. The molecule has 76 valence electrons. The fraction of sp³-hybridized carbons (Fsp3) is 0.429. The van der Waals surface area contributed by atoms with Gasteiger partial charge in [0.2, 0.25) is 0 Å². The molecule has 0 heteroatoms. The molecule has 0 N–H and O–H groups in total. The van der Waals surface area contributed by atoms with E-state index in [-0.39, 0.29) is 0 Å². The first-order valence-electron chi connectivity index (χ1n) is 5.62. The number of hydrogen-bond donors (Lipinski definition) is 0. The van der Waals surface area contributed by atoms with Gasteiger partial charge in [-0.25, -0.2) is 0 Å². The van der Waals surface area contributed by atoms with Gasteiger partial charge in [0.25, 0.3) is 0 Å². The van der Waals surface area contributed by atoms with Crippen molar-refractivity contribution in [2.24, 2.45) is 0 Å². The van der Waals surface area contributed by atoms with Gasteiger partial charge in [-0.1, -0.05) is 48.6 Å². The van der Waals surface area contributed by atoms with E-state index in [1.165, 1.54) is 19.3 Å². The summed E-state index contributed by atoms with van der Waals surface area (Å²) in [6.07, 6.45) is 25.0. The predicted octanol–water partition coefficient (Wildman–Crippen LogP) is 4.57. The molecular weight excluding hydrogens is 168 g/mol. The lowest BCUT2D eigenvalue weighted by molar-refractivity contribution is 0.865. The highest BCUT2D eigenvalue weighted by Crippen LogP contribution is 2.01. The van der Waals surface area contributed by atoms with Crippen molar-refractivity contribution in [1.82, 2.24) is 0 Å². The van der Waals surface area contributed by atoms with E-state index >= 15 is 0 Å². The van der Waals surface area contributed by atoms with E-state index in [1.807, 2.05) is 0 Å². The maximum atomic E-state index is 2.29. The minimum atomic E-state index is 1.10. The van der Waals surface area contributed by atoms with Crippen LogP contribution in [-0.2, 0) is 0 Å². The minimum Gasteiger partial charge on any atom is -0.0882 e. The summed E-state index contributed by atoms with van der Waals surface area (Å²) in [6, 6.07) is 0. The number of hydrogen-bond acceptors (Lipinski definition) is 0. The Morgan fingerprint density at radius 1 is 0.500 bits per heavy atom. The van der Waals surface area contributed by atoms with Crippen LogP contribution in [0.2, 0.25) is 0 Å². The lowest BCUT2D eigenvalue weighted by Crippen LogP contribution is -1.70. The van der Waals surface area contributed by atoms with Crippen LogP contribution in [0.5, 0.6) is 0 Å². The molecule has 1 rings (SSSR count). The van der Waals surface area contributed by atoms with E-state index in [1.54, 1.807) is 0 Å². The lowest BCUT2D eigenvalue weighted by Gasteiger charge is -1.91.